The Balaban J connectivity index is 4.04. The SMILES string of the molecule is CC(=C/C=C/C(C)CC(=O)O)/C=C/I. The largest absolute Gasteiger partial charge is 0.481 e. The van der Waals surface area contributed by atoms with Crippen LogP contribution in [0.5, 0.6) is 0 Å². The predicted octanol–water partition coefficient (Wildman–Crippen LogP) is 3.55. The molecule has 0 radical (unpaired) electrons. The van der Waals surface area contributed by atoms with E-state index in [9.17, 15) is 4.79 Å². The van der Waals surface area contributed by atoms with Crippen LogP contribution in [0.25, 0.3) is 0 Å². The molecular formula is C11H15IO2. The van der Waals surface area contributed by atoms with Crippen LogP contribution < -0.4 is 0 Å². The smallest absolute Gasteiger partial charge is 0.303 e. The lowest BCUT2D eigenvalue weighted by atomic mass is 10.1. The molecule has 0 aromatic rings. The number of halogens is 1. The number of carboxylic acid groups (broad SMARTS) is 1. The van der Waals surface area contributed by atoms with Gasteiger partial charge in [-0.2, -0.15) is 0 Å². The van der Waals surface area contributed by atoms with Crippen molar-refractivity contribution in [2.75, 3.05) is 0 Å². The third-order valence-electron chi connectivity index (χ3n) is 1.62. The van der Waals surface area contributed by atoms with E-state index in [-0.39, 0.29) is 12.3 Å². The molecule has 1 atom stereocenters. The van der Waals surface area contributed by atoms with E-state index in [1.807, 2.05) is 42.2 Å². The van der Waals surface area contributed by atoms with Crippen molar-refractivity contribution in [1.29, 1.82) is 0 Å². The van der Waals surface area contributed by atoms with Crippen LogP contribution in [-0.4, -0.2) is 11.1 Å². The maximum atomic E-state index is 10.3. The van der Waals surface area contributed by atoms with E-state index in [0.717, 1.165) is 5.57 Å². The molecule has 0 aliphatic carbocycles. The second-order valence-corrected chi connectivity index (χ2v) is 3.88. The minimum Gasteiger partial charge on any atom is -0.481 e. The van der Waals surface area contributed by atoms with Crippen LogP contribution in [0.4, 0.5) is 0 Å². The van der Waals surface area contributed by atoms with Crippen LogP contribution in [0.3, 0.4) is 0 Å². The monoisotopic (exact) mass is 306 g/mol. The third kappa shape index (κ3) is 8.04. The molecule has 0 aliphatic heterocycles. The summed E-state index contributed by atoms with van der Waals surface area (Å²) in [5, 5.41) is 8.52. The zero-order chi connectivity index (χ0) is 11.0. The van der Waals surface area contributed by atoms with Crippen molar-refractivity contribution < 1.29 is 9.90 Å². The molecule has 78 valence electrons. The van der Waals surface area contributed by atoms with Gasteiger partial charge in [0.15, 0.2) is 0 Å². The molecule has 2 nitrogen and oxygen atoms in total. The summed E-state index contributed by atoms with van der Waals surface area (Å²) in [6.07, 6.45) is 7.95. The number of carboxylic acids is 1. The average Bonchev–Trinajstić information content (AvgIpc) is 2.02. The average molecular weight is 306 g/mol. The first-order valence-electron chi connectivity index (χ1n) is 4.40. The van der Waals surface area contributed by atoms with E-state index in [1.54, 1.807) is 0 Å². The Kier molecular flexibility index (Phi) is 7.47. The number of aliphatic carboxylic acids is 1. The zero-order valence-corrected chi connectivity index (χ0v) is 10.6. The van der Waals surface area contributed by atoms with Crippen LogP contribution in [-0.2, 0) is 4.79 Å². The van der Waals surface area contributed by atoms with Crippen molar-refractivity contribution in [3.63, 3.8) is 0 Å². The van der Waals surface area contributed by atoms with Crippen molar-refractivity contribution >= 4 is 28.6 Å². The fourth-order valence-corrected chi connectivity index (χ4v) is 1.46. The Hall–Kier alpha value is -0.580. The van der Waals surface area contributed by atoms with Gasteiger partial charge in [0.25, 0.3) is 0 Å². The van der Waals surface area contributed by atoms with Crippen molar-refractivity contribution in [1.82, 2.24) is 0 Å². The zero-order valence-electron chi connectivity index (χ0n) is 8.40. The Bertz CT molecular complexity index is 264. The van der Waals surface area contributed by atoms with E-state index >= 15 is 0 Å². The topological polar surface area (TPSA) is 37.3 Å². The first-order chi connectivity index (χ1) is 6.56. The number of hydrogen-bond donors (Lipinski definition) is 1. The summed E-state index contributed by atoms with van der Waals surface area (Å²) in [5.74, 6) is -0.671. The lowest BCUT2D eigenvalue weighted by Gasteiger charge is -1.99. The van der Waals surface area contributed by atoms with Crippen LogP contribution in [0.2, 0.25) is 0 Å². The summed E-state index contributed by atoms with van der Waals surface area (Å²) in [6.45, 7) is 3.89. The minimum absolute atomic E-state index is 0.0835. The highest BCUT2D eigenvalue weighted by atomic mass is 127. The number of rotatable bonds is 5. The van der Waals surface area contributed by atoms with E-state index in [4.69, 9.17) is 5.11 Å². The first kappa shape index (κ1) is 13.4. The molecule has 3 heteroatoms. The molecule has 0 aromatic heterocycles. The van der Waals surface area contributed by atoms with Crippen molar-refractivity contribution in [3.05, 3.63) is 34.0 Å². The third-order valence-corrected chi connectivity index (χ3v) is 1.98. The van der Waals surface area contributed by atoms with Gasteiger partial charge in [-0.1, -0.05) is 59.4 Å². The Labute approximate surface area is 98.5 Å². The summed E-state index contributed by atoms with van der Waals surface area (Å²) in [5.41, 5.74) is 1.15. The molecule has 0 spiro atoms. The quantitative estimate of drug-likeness (QED) is 0.623. The second kappa shape index (κ2) is 7.79. The van der Waals surface area contributed by atoms with E-state index < -0.39 is 5.97 Å². The molecule has 0 bridgehead atoms. The molecular weight excluding hydrogens is 291 g/mol. The highest BCUT2D eigenvalue weighted by Crippen LogP contribution is 2.05. The lowest BCUT2D eigenvalue weighted by Crippen LogP contribution is -2.00. The lowest BCUT2D eigenvalue weighted by molar-refractivity contribution is -0.137. The van der Waals surface area contributed by atoms with Crippen LogP contribution >= 0.6 is 22.6 Å². The van der Waals surface area contributed by atoms with Crippen LogP contribution in [0.1, 0.15) is 20.3 Å². The van der Waals surface area contributed by atoms with E-state index in [1.165, 1.54) is 0 Å². The van der Waals surface area contributed by atoms with Crippen LogP contribution in [0, 0.1) is 5.92 Å². The van der Waals surface area contributed by atoms with Gasteiger partial charge in [-0.15, -0.1) is 0 Å². The normalized spacial score (nSPS) is 15.2. The minimum atomic E-state index is -0.755. The summed E-state index contributed by atoms with van der Waals surface area (Å²) in [4.78, 5) is 10.3. The van der Waals surface area contributed by atoms with Gasteiger partial charge in [0, 0.05) is 0 Å². The highest BCUT2D eigenvalue weighted by Gasteiger charge is 2.01. The molecule has 0 aliphatic rings. The van der Waals surface area contributed by atoms with Gasteiger partial charge in [-0.05, 0) is 16.9 Å². The molecule has 0 saturated heterocycles. The Morgan fingerprint density at radius 2 is 2.21 bits per heavy atom. The summed E-state index contributed by atoms with van der Waals surface area (Å²) in [7, 11) is 0. The molecule has 0 fully saturated rings. The maximum absolute atomic E-state index is 10.3. The van der Waals surface area contributed by atoms with Gasteiger partial charge < -0.3 is 5.11 Å². The second-order valence-electron chi connectivity index (χ2n) is 3.16. The Morgan fingerprint density at radius 1 is 1.57 bits per heavy atom. The molecule has 0 rings (SSSR count). The van der Waals surface area contributed by atoms with Gasteiger partial charge >= 0.3 is 5.97 Å². The summed E-state index contributed by atoms with van der Waals surface area (Å²) >= 11 is 2.16. The molecule has 0 amide bonds. The van der Waals surface area contributed by atoms with Gasteiger partial charge in [0.2, 0.25) is 0 Å². The molecule has 0 aromatic carbocycles. The number of hydrogen-bond acceptors (Lipinski definition) is 1. The highest BCUT2D eigenvalue weighted by molar-refractivity contribution is 14.1. The fraction of sp³-hybridized carbons (Fsp3) is 0.364. The fourth-order valence-electron chi connectivity index (χ4n) is 0.895. The summed E-state index contributed by atoms with van der Waals surface area (Å²) < 4.78 is 1.94. The Morgan fingerprint density at radius 3 is 2.71 bits per heavy atom. The molecule has 0 saturated carbocycles. The molecule has 1 unspecified atom stereocenters. The first-order valence-corrected chi connectivity index (χ1v) is 5.64. The molecule has 0 heterocycles. The standard InChI is InChI=1S/C11H15IO2/c1-9(6-7-12)4-3-5-10(2)8-11(13)14/h3-7,10H,8H2,1-2H3,(H,13,14)/b5-3+,7-6+,9-4-. The van der Waals surface area contributed by atoms with Crippen molar-refractivity contribution in [2.45, 2.75) is 20.3 Å². The predicted molar refractivity (Wildman–Crippen MR) is 67.5 cm³/mol. The van der Waals surface area contributed by atoms with Gasteiger partial charge in [-0.3, -0.25) is 4.79 Å². The van der Waals surface area contributed by atoms with Crippen LogP contribution in [0.15, 0.2) is 34.0 Å². The molecule has 14 heavy (non-hydrogen) atoms. The number of allylic oxidation sites excluding steroid dienone is 5. The number of carbonyl (C=O) groups is 1. The van der Waals surface area contributed by atoms with E-state index in [2.05, 4.69) is 22.6 Å². The molecule has 1 N–H and O–H groups in total. The van der Waals surface area contributed by atoms with Crippen molar-refractivity contribution in [3.8, 4) is 0 Å². The van der Waals surface area contributed by atoms with Crippen molar-refractivity contribution in [2.24, 2.45) is 5.92 Å². The van der Waals surface area contributed by atoms with Gasteiger partial charge in [-0.25, -0.2) is 0 Å². The van der Waals surface area contributed by atoms with Gasteiger partial charge in [0.1, 0.15) is 0 Å². The van der Waals surface area contributed by atoms with Gasteiger partial charge in [0.05, 0.1) is 6.42 Å². The summed E-state index contributed by atoms with van der Waals surface area (Å²) in [6, 6.07) is 0. The van der Waals surface area contributed by atoms with E-state index in [0.29, 0.717) is 0 Å². The maximum Gasteiger partial charge on any atom is 0.303 e.